The number of carbonyl (C=O) groups is 1. The van der Waals surface area contributed by atoms with Gasteiger partial charge < -0.3 is 9.47 Å². The molecule has 0 aliphatic rings. The third-order valence-corrected chi connectivity index (χ3v) is 5.11. The molecule has 0 spiro atoms. The minimum Gasteiger partial charge on any atom is -0.481 e. The van der Waals surface area contributed by atoms with Crippen molar-refractivity contribution in [3.05, 3.63) is 131 Å². The summed E-state index contributed by atoms with van der Waals surface area (Å²) in [6.07, 6.45) is 0. The Morgan fingerprint density at radius 3 is 1.29 bits per heavy atom. The summed E-state index contributed by atoms with van der Waals surface area (Å²) in [7, 11) is 3.16. The summed E-state index contributed by atoms with van der Waals surface area (Å²) in [6, 6.07) is 33.6. The number of aliphatic imine (C=N–C) groups is 2. The summed E-state index contributed by atoms with van der Waals surface area (Å²) in [5.41, 5.74) is 4.04. The van der Waals surface area contributed by atoms with Crippen molar-refractivity contribution < 1.29 is 14.3 Å². The molecule has 0 amide bonds. The van der Waals surface area contributed by atoms with Crippen LogP contribution in [0.3, 0.4) is 0 Å². The van der Waals surface area contributed by atoms with Crippen LogP contribution < -0.4 is 0 Å². The first-order valence-corrected chi connectivity index (χ1v) is 10.8. The first kappa shape index (κ1) is 22.7. The van der Waals surface area contributed by atoms with Crippen molar-refractivity contribution in [2.24, 2.45) is 9.98 Å². The van der Waals surface area contributed by atoms with Gasteiger partial charge in [-0.05, 0) is 48.5 Å². The second-order valence-corrected chi connectivity index (χ2v) is 7.40. The summed E-state index contributed by atoms with van der Waals surface area (Å²) >= 11 is 0. The molecule has 5 nitrogen and oxygen atoms in total. The van der Waals surface area contributed by atoms with Crippen LogP contribution in [-0.4, -0.2) is 31.8 Å². The number of rotatable bonds is 6. The maximum Gasteiger partial charge on any atom is 0.220 e. The minimum atomic E-state index is -0.119. The standard InChI is InChI=1S/C29H24N2O3/c1-33-28(21-11-5-3-6-12-21)30-25-17-9-15-23(19-25)27(32)24-16-10-18-26(20-24)31-29(34-2)22-13-7-4-8-14-22/h3-20H,1-2H3/b30-28-,31-29-. The van der Waals surface area contributed by atoms with Gasteiger partial charge in [0.1, 0.15) is 0 Å². The zero-order valence-corrected chi connectivity index (χ0v) is 19.0. The zero-order valence-electron chi connectivity index (χ0n) is 19.0. The van der Waals surface area contributed by atoms with Crippen LogP contribution in [0.4, 0.5) is 11.4 Å². The van der Waals surface area contributed by atoms with Gasteiger partial charge in [0, 0.05) is 22.3 Å². The van der Waals surface area contributed by atoms with Crippen LogP contribution >= 0.6 is 0 Å². The Balaban J connectivity index is 1.62. The zero-order chi connectivity index (χ0) is 23.8. The van der Waals surface area contributed by atoms with Crippen LogP contribution in [0.1, 0.15) is 27.0 Å². The third-order valence-electron chi connectivity index (χ3n) is 5.11. The first-order chi connectivity index (χ1) is 16.7. The Morgan fingerprint density at radius 2 is 0.912 bits per heavy atom. The second kappa shape index (κ2) is 10.9. The van der Waals surface area contributed by atoms with Crippen molar-refractivity contribution in [1.29, 1.82) is 0 Å². The molecule has 0 aliphatic heterocycles. The summed E-state index contributed by atoms with van der Waals surface area (Å²) in [4.78, 5) is 22.4. The van der Waals surface area contributed by atoms with E-state index < -0.39 is 0 Å². The molecule has 0 aliphatic carbocycles. The molecule has 4 rings (SSSR count). The Hall–Kier alpha value is -4.51. The van der Waals surface area contributed by atoms with Gasteiger partial charge in [-0.25, -0.2) is 9.98 Å². The summed E-state index contributed by atoms with van der Waals surface area (Å²) in [5, 5.41) is 0. The van der Waals surface area contributed by atoms with Crippen LogP contribution in [0.5, 0.6) is 0 Å². The van der Waals surface area contributed by atoms with Gasteiger partial charge in [-0.2, -0.15) is 0 Å². The fraction of sp³-hybridized carbons (Fsp3) is 0.0690. The highest BCUT2D eigenvalue weighted by atomic mass is 16.5. The number of ether oxygens (including phenoxy) is 2. The van der Waals surface area contributed by atoms with E-state index in [4.69, 9.17) is 9.47 Å². The van der Waals surface area contributed by atoms with E-state index in [0.29, 0.717) is 34.3 Å². The average molecular weight is 449 g/mol. The molecule has 34 heavy (non-hydrogen) atoms. The molecule has 4 aromatic rings. The lowest BCUT2D eigenvalue weighted by Gasteiger charge is -2.07. The highest BCUT2D eigenvalue weighted by Crippen LogP contribution is 2.22. The molecule has 4 aromatic carbocycles. The van der Waals surface area contributed by atoms with Gasteiger partial charge in [-0.3, -0.25) is 4.79 Å². The highest BCUT2D eigenvalue weighted by Gasteiger charge is 2.12. The SMILES string of the molecule is CO/C(=N\c1cccc(C(=O)c2cccc(/N=C(\OC)c3ccccc3)c2)c1)c1ccccc1. The van der Waals surface area contributed by atoms with E-state index in [0.717, 1.165) is 11.1 Å². The predicted molar refractivity (Wildman–Crippen MR) is 136 cm³/mol. The number of methoxy groups -OCH3 is 2. The van der Waals surface area contributed by atoms with Crippen LogP contribution in [0.2, 0.25) is 0 Å². The maximum atomic E-state index is 13.2. The fourth-order valence-electron chi connectivity index (χ4n) is 3.45. The van der Waals surface area contributed by atoms with E-state index in [-0.39, 0.29) is 5.78 Å². The first-order valence-electron chi connectivity index (χ1n) is 10.8. The van der Waals surface area contributed by atoms with E-state index in [1.54, 1.807) is 38.5 Å². The van der Waals surface area contributed by atoms with Gasteiger partial charge in [0.25, 0.3) is 0 Å². The molecule has 0 radical (unpaired) electrons. The Bertz CT molecular complexity index is 1230. The van der Waals surface area contributed by atoms with Gasteiger partial charge in [0.15, 0.2) is 5.78 Å². The average Bonchev–Trinajstić information content (AvgIpc) is 2.91. The number of ketones is 1. The van der Waals surface area contributed by atoms with Crippen molar-refractivity contribution in [2.45, 2.75) is 0 Å². The number of nitrogens with zero attached hydrogens (tertiary/aromatic N) is 2. The van der Waals surface area contributed by atoms with Gasteiger partial charge >= 0.3 is 0 Å². The predicted octanol–water partition coefficient (Wildman–Crippen LogP) is 6.37. The second-order valence-electron chi connectivity index (χ2n) is 7.40. The highest BCUT2D eigenvalue weighted by molar-refractivity contribution is 6.10. The lowest BCUT2D eigenvalue weighted by Crippen LogP contribution is -2.04. The van der Waals surface area contributed by atoms with E-state index in [1.807, 2.05) is 84.9 Å². The molecular weight excluding hydrogens is 424 g/mol. The van der Waals surface area contributed by atoms with E-state index >= 15 is 0 Å². The van der Waals surface area contributed by atoms with Crippen molar-refractivity contribution in [3.63, 3.8) is 0 Å². The van der Waals surface area contributed by atoms with Gasteiger partial charge in [-0.15, -0.1) is 0 Å². The van der Waals surface area contributed by atoms with Crippen molar-refractivity contribution in [2.75, 3.05) is 14.2 Å². The molecule has 0 aromatic heterocycles. The molecule has 0 unspecified atom stereocenters. The van der Waals surface area contributed by atoms with Crippen molar-refractivity contribution >= 4 is 29.0 Å². The Kier molecular flexibility index (Phi) is 7.25. The van der Waals surface area contributed by atoms with Gasteiger partial charge in [0.05, 0.1) is 25.6 Å². The molecule has 0 fully saturated rings. The van der Waals surface area contributed by atoms with Crippen LogP contribution in [0.15, 0.2) is 119 Å². The quantitative estimate of drug-likeness (QED) is 0.196. The molecule has 0 bridgehead atoms. The molecule has 168 valence electrons. The monoisotopic (exact) mass is 448 g/mol. The molecule has 0 N–H and O–H groups in total. The smallest absolute Gasteiger partial charge is 0.220 e. The summed E-state index contributed by atoms with van der Waals surface area (Å²) < 4.78 is 10.9. The van der Waals surface area contributed by atoms with Gasteiger partial charge in [-0.1, -0.05) is 60.7 Å². The molecule has 0 saturated carbocycles. The minimum absolute atomic E-state index is 0.119. The lowest BCUT2D eigenvalue weighted by molar-refractivity contribution is 0.103. The Labute approximate surface area is 199 Å². The Morgan fingerprint density at radius 1 is 0.529 bits per heavy atom. The van der Waals surface area contributed by atoms with E-state index in [1.165, 1.54) is 0 Å². The number of carbonyl (C=O) groups excluding carboxylic acids is 1. The van der Waals surface area contributed by atoms with E-state index in [9.17, 15) is 4.79 Å². The largest absolute Gasteiger partial charge is 0.481 e. The van der Waals surface area contributed by atoms with Crippen LogP contribution in [-0.2, 0) is 9.47 Å². The maximum absolute atomic E-state index is 13.2. The van der Waals surface area contributed by atoms with Gasteiger partial charge in [0.2, 0.25) is 11.8 Å². The topological polar surface area (TPSA) is 60.2 Å². The lowest BCUT2D eigenvalue weighted by atomic mass is 10.0. The third kappa shape index (κ3) is 5.45. The summed E-state index contributed by atoms with van der Waals surface area (Å²) in [6.45, 7) is 0. The number of hydrogen-bond donors (Lipinski definition) is 0. The van der Waals surface area contributed by atoms with E-state index in [2.05, 4.69) is 9.98 Å². The normalized spacial score (nSPS) is 11.7. The number of benzene rings is 4. The fourth-order valence-corrected chi connectivity index (χ4v) is 3.45. The summed E-state index contributed by atoms with van der Waals surface area (Å²) in [5.74, 6) is 0.843. The van der Waals surface area contributed by atoms with Crippen molar-refractivity contribution in [1.82, 2.24) is 0 Å². The molecule has 0 heterocycles. The molecular formula is C29H24N2O3. The van der Waals surface area contributed by atoms with Crippen molar-refractivity contribution in [3.8, 4) is 0 Å². The molecule has 0 saturated heterocycles. The van der Waals surface area contributed by atoms with Crippen LogP contribution in [0, 0.1) is 0 Å². The number of hydrogen-bond acceptors (Lipinski definition) is 5. The molecule has 0 atom stereocenters. The molecule has 5 heteroatoms. The van der Waals surface area contributed by atoms with Crippen LogP contribution in [0.25, 0.3) is 0 Å².